The van der Waals surface area contributed by atoms with Crippen LogP contribution in [0.25, 0.3) is 17.2 Å². The average Bonchev–Trinajstić information content (AvgIpc) is 3.29. The van der Waals surface area contributed by atoms with Crippen molar-refractivity contribution in [3.05, 3.63) is 71.2 Å². The number of halogens is 1. The molecule has 4 aromatic rings. The number of amides is 1. The number of nitrogens with zero attached hydrogens (tertiary/aromatic N) is 5. The SMILES string of the molecule is Cc1ccc(C(=O)Nc2nc(-c3nnn(-c4ccccc4F)c3C)ns2)cc1. The first kappa shape index (κ1) is 17.9. The van der Waals surface area contributed by atoms with Crippen LogP contribution in [0.3, 0.4) is 0 Å². The van der Waals surface area contributed by atoms with Gasteiger partial charge in [0.2, 0.25) is 5.13 Å². The fourth-order valence-corrected chi connectivity index (χ4v) is 3.20. The van der Waals surface area contributed by atoms with Crippen molar-refractivity contribution in [3.8, 4) is 17.2 Å². The number of carbonyl (C=O) groups excluding carboxylic acids is 1. The van der Waals surface area contributed by atoms with Gasteiger partial charge >= 0.3 is 0 Å². The van der Waals surface area contributed by atoms with Crippen LogP contribution in [0.1, 0.15) is 21.6 Å². The standard InChI is InChI=1S/C19H15FN6OS/c1-11-7-9-13(10-8-11)18(27)22-19-21-17(24-28-19)16-12(2)26(25-23-16)15-6-4-3-5-14(15)20/h3-10H,1-2H3,(H,21,22,24,27). The molecule has 0 aliphatic rings. The molecule has 2 aromatic carbocycles. The number of aryl methyl sites for hydroxylation is 1. The molecule has 1 N–H and O–H groups in total. The molecule has 0 fully saturated rings. The van der Waals surface area contributed by atoms with Crippen molar-refractivity contribution in [2.45, 2.75) is 13.8 Å². The highest BCUT2D eigenvalue weighted by atomic mass is 32.1. The quantitative estimate of drug-likeness (QED) is 0.569. The number of hydrogen-bond donors (Lipinski definition) is 1. The summed E-state index contributed by atoms with van der Waals surface area (Å²) in [5.41, 5.74) is 2.92. The van der Waals surface area contributed by atoms with Crippen LogP contribution in [-0.2, 0) is 0 Å². The van der Waals surface area contributed by atoms with E-state index in [1.54, 1.807) is 37.3 Å². The number of rotatable bonds is 4. The highest BCUT2D eigenvalue weighted by molar-refractivity contribution is 7.10. The molecule has 4 rings (SSSR count). The first-order valence-corrected chi connectivity index (χ1v) is 9.19. The molecular weight excluding hydrogens is 379 g/mol. The van der Waals surface area contributed by atoms with Gasteiger partial charge in [0.15, 0.2) is 11.5 Å². The van der Waals surface area contributed by atoms with Gasteiger partial charge in [0.1, 0.15) is 11.5 Å². The van der Waals surface area contributed by atoms with Crippen LogP contribution in [-0.4, -0.2) is 30.3 Å². The summed E-state index contributed by atoms with van der Waals surface area (Å²) in [6.45, 7) is 3.71. The molecule has 0 bridgehead atoms. The largest absolute Gasteiger partial charge is 0.297 e. The van der Waals surface area contributed by atoms with E-state index in [1.165, 1.54) is 10.7 Å². The van der Waals surface area contributed by atoms with Crippen molar-refractivity contribution in [1.82, 2.24) is 24.4 Å². The van der Waals surface area contributed by atoms with Gasteiger partial charge in [-0.25, -0.2) is 9.07 Å². The van der Waals surface area contributed by atoms with Crippen molar-refractivity contribution in [2.24, 2.45) is 0 Å². The Morgan fingerprint density at radius 3 is 2.61 bits per heavy atom. The highest BCUT2D eigenvalue weighted by Crippen LogP contribution is 2.24. The van der Waals surface area contributed by atoms with Crippen molar-refractivity contribution in [2.75, 3.05) is 5.32 Å². The third-order valence-electron chi connectivity index (χ3n) is 4.15. The number of hydrogen-bond acceptors (Lipinski definition) is 6. The lowest BCUT2D eigenvalue weighted by atomic mass is 10.1. The van der Waals surface area contributed by atoms with E-state index in [0.717, 1.165) is 17.1 Å². The summed E-state index contributed by atoms with van der Waals surface area (Å²) >= 11 is 1.04. The Balaban J connectivity index is 1.57. The number of para-hydroxylation sites is 1. The molecule has 28 heavy (non-hydrogen) atoms. The number of nitrogens with one attached hydrogen (secondary N) is 1. The van der Waals surface area contributed by atoms with E-state index in [4.69, 9.17) is 0 Å². The molecule has 0 spiro atoms. The minimum absolute atomic E-state index is 0.269. The van der Waals surface area contributed by atoms with E-state index in [0.29, 0.717) is 33.6 Å². The minimum atomic E-state index is -0.403. The molecule has 9 heteroatoms. The van der Waals surface area contributed by atoms with Gasteiger partial charge in [0.05, 0.1) is 5.69 Å². The molecule has 0 saturated carbocycles. The number of carbonyl (C=O) groups is 1. The Bertz CT molecular complexity index is 1150. The first-order valence-electron chi connectivity index (χ1n) is 8.42. The summed E-state index contributed by atoms with van der Waals surface area (Å²) in [6, 6.07) is 13.5. The van der Waals surface area contributed by atoms with Crippen molar-refractivity contribution < 1.29 is 9.18 Å². The molecule has 2 aromatic heterocycles. The van der Waals surface area contributed by atoms with Gasteiger partial charge in [-0.15, -0.1) is 5.10 Å². The maximum absolute atomic E-state index is 14.0. The zero-order valence-electron chi connectivity index (χ0n) is 15.0. The van der Waals surface area contributed by atoms with Crippen LogP contribution >= 0.6 is 11.5 Å². The Morgan fingerprint density at radius 2 is 1.86 bits per heavy atom. The number of aromatic nitrogens is 5. The van der Waals surface area contributed by atoms with Gasteiger partial charge in [0, 0.05) is 17.1 Å². The van der Waals surface area contributed by atoms with Gasteiger partial charge in [-0.05, 0) is 38.1 Å². The fourth-order valence-electron chi connectivity index (χ4n) is 2.63. The van der Waals surface area contributed by atoms with E-state index in [-0.39, 0.29) is 5.91 Å². The van der Waals surface area contributed by atoms with Crippen LogP contribution < -0.4 is 5.32 Å². The molecule has 2 heterocycles. The van der Waals surface area contributed by atoms with Crippen LogP contribution in [0.4, 0.5) is 9.52 Å². The number of anilines is 1. The normalized spacial score (nSPS) is 10.8. The Hall–Kier alpha value is -3.46. The second-order valence-electron chi connectivity index (χ2n) is 6.13. The molecular formula is C19H15FN6OS. The summed E-state index contributed by atoms with van der Waals surface area (Å²) in [5.74, 6) is -0.349. The molecule has 140 valence electrons. The van der Waals surface area contributed by atoms with E-state index in [1.807, 2.05) is 19.1 Å². The van der Waals surface area contributed by atoms with E-state index < -0.39 is 5.82 Å². The topological polar surface area (TPSA) is 85.6 Å². The summed E-state index contributed by atoms with van der Waals surface area (Å²) in [6.07, 6.45) is 0. The third-order valence-corrected chi connectivity index (χ3v) is 4.78. The summed E-state index contributed by atoms with van der Waals surface area (Å²) < 4.78 is 19.7. The lowest BCUT2D eigenvalue weighted by Crippen LogP contribution is -2.11. The molecule has 0 unspecified atom stereocenters. The van der Waals surface area contributed by atoms with Gasteiger partial charge in [0.25, 0.3) is 5.91 Å². The third kappa shape index (κ3) is 3.39. The molecule has 0 aliphatic heterocycles. The van der Waals surface area contributed by atoms with Gasteiger partial charge in [-0.1, -0.05) is 35.0 Å². The summed E-state index contributed by atoms with van der Waals surface area (Å²) in [4.78, 5) is 16.6. The Labute approximate surface area is 164 Å². The van der Waals surface area contributed by atoms with Gasteiger partial charge in [-0.3, -0.25) is 10.1 Å². The van der Waals surface area contributed by atoms with Crippen LogP contribution in [0.15, 0.2) is 48.5 Å². The second kappa shape index (κ2) is 7.28. The lowest BCUT2D eigenvalue weighted by molar-refractivity contribution is 0.102. The Kier molecular flexibility index (Phi) is 4.66. The minimum Gasteiger partial charge on any atom is -0.297 e. The monoisotopic (exact) mass is 394 g/mol. The van der Waals surface area contributed by atoms with Gasteiger partial charge in [-0.2, -0.15) is 9.36 Å². The van der Waals surface area contributed by atoms with Gasteiger partial charge < -0.3 is 0 Å². The maximum atomic E-state index is 14.0. The van der Waals surface area contributed by atoms with Crippen LogP contribution in [0.2, 0.25) is 0 Å². The Morgan fingerprint density at radius 1 is 1.11 bits per heavy atom. The van der Waals surface area contributed by atoms with Crippen LogP contribution in [0.5, 0.6) is 0 Å². The zero-order valence-corrected chi connectivity index (χ0v) is 15.9. The molecule has 0 aliphatic carbocycles. The maximum Gasteiger partial charge on any atom is 0.257 e. The van der Waals surface area contributed by atoms with Crippen molar-refractivity contribution in [3.63, 3.8) is 0 Å². The predicted molar refractivity (Wildman–Crippen MR) is 104 cm³/mol. The zero-order chi connectivity index (χ0) is 19.7. The molecule has 7 nitrogen and oxygen atoms in total. The predicted octanol–water partition coefficient (Wildman–Crippen LogP) is 3.79. The van der Waals surface area contributed by atoms with Crippen LogP contribution in [0, 0.1) is 19.7 Å². The molecule has 0 radical (unpaired) electrons. The summed E-state index contributed by atoms with van der Waals surface area (Å²) in [5, 5.41) is 11.2. The molecule has 0 atom stereocenters. The van der Waals surface area contributed by atoms with E-state index in [9.17, 15) is 9.18 Å². The summed E-state index contributed by atoms with van der Waals surface area (Å²) in [7, 11) is 0. The van der Waals surface area contributed by atoms with Crippen molar-refractivity contribution >= 4 is 22.6 Å². The van der Waals surface area contributed by atoms with E-state index >= 15 is 0 Å². The average molecular weight is 394 g/mol. The smallest absolute Gasteiger partial charge is 0.257 e. The fraction of sp³-hybridized carbons (Fsp3) is 0.105. The van der Waals surface area contributed by atoms with Crippen molar-refractivity contribution in [1.29, 1.82) is 0 Å². The van der Waals surface area contributed by atoms with E-state index in [2.05, 4.69) is 25.0 Å². The first-order chi connectivity index (χ1) is 13.5. The number of benzene rings is 2. The lowest BCUT2D eigenvalue weighted by Gasteiger charge is -2.03. The second-order valence-corrected chi connectivity index (χ2v) is 6.88. The highest BCUT2D eigenvalue weighted by Gasteiger charge is 2.19. The molecule has 0 saturated heterocycles. The molecule has 1 amide bonds.